The van der Waals surface area contributed by atoms with E-state index in [1.54, 1.807) is 37.2 Å². The smallest absolute Gasteiger partial charge is 0.319 e. The molecular weight excluding hydrogens is 388 g/mol. The molecule has 4 amide bonds. The zero-order valence-electron chi connectivity index (χ0n) is 17.9. The lowest BCUT2D eigenvalue weighted by Gasteiger charge is -2.42. The average Bonchev–Trinajstić information content (AvgIpc) is 2.70. The Balaban J connectivity index is 1.76. The predicted octanol–water partition coefficient (Wildman–Crippen LogP) is 1.73. The van der Waals surface area contributed by atoms with Gasteiger partial charge in [0.05, 0.1) is 24.1 Å². The summed E-state index contributed by atoms with van der Waals surface area (Å²) in [6.45, 7) is 4.02. The van der Waals surface area contributed by atoms with Crippen LogP contribution in [-0.2, 0) is 9.53 Å². The molecule has 1 aromatic carbocycles. The van der Waals surface area contributed by atoms with Gasteiger partial charge in [0, 0.05) is 25.8 Å². The van der Waals surface area contributed by atoms with E-state index < -0.39 is 0 Å². The van der Waals surface area contributed by atoms with Crippen LogP contribution in [0.15, 0.2) is 18.2 Å². The third-order valence-corrected chi connectivity index (χ3v) is 5.38. The molecule has 1 aromatic rings. The average molecular weight is 418 g/mol. The highest BCUT2D eigenvalue weighted by Crippen LogP contribution is 2.32. The third kappa shape index (κ3) is 5.02. The van der Waals surface area contributed by atoms with Gasteiger partial charge in [0.25, 0.3) is 5.91 Å². The van der Waals surface area contributed by atoms with E-state index in [4.69, 9.17) is 9.47 Å². The maximum absolute atomic E-state index is 13.2. The van der Waals surface area contributed by atoms with E-state index in [1.807, 2.05) is 13.8 Å². The minimum absolute atomic E-state index is 0.000834. The van der Waals surface area contributed by atoms with E-state index >= 15 is 0 Å². The van der Waals surface area contributed by atoms with Crippen molar-refractivity contribution in [3.05, 3.63) is 23.8 Å². The van der Waals surface area contributed by atoms with Crippen molar-refractivity contribution in [2.75, 3.05) is 26.0 Å². The largest absolute Gasteiger partial charge is 0.490 e. The zero-order chi connectivity index (χ0) is 21.8. The lowest BCUT2D eigenvalue weighted by atomic mass is 9.94. The van der Waals surface area contributed by atoms with Crippen molar-refractivity contribution in [3.63, 3.8) is 0 Å². The number of amides is 4. The predicted molar refractivity (Wildman–Crippen MR) is 112 cm³/mol. The lowest BCUT2D eigenvalue weighted by molar-refractivity contribution is -0.133. The van der Waals surface area contributed by atoms with Crippen LogP contribution in [0.3, 0.4) is 0 Å². The Hall–Kier alpha value is -2.81. The van der Waals surface area contributed by atoms with Gasteiger partial charge in [-0.1, -0.05) is 0 Å². The Morgan fingerprint density at radius 1 is 1.27 bits per heavy atom. The molecule has 2 aliphatic heterocycles. The summed E-state index contributed by atoms with van der Waals surface area (Å²) < 4.78 is 12.0. The molecule has 0 saturated carbocycles. The molecule has 3 atom stereocenters. The summed E-state index contributed by atoms with van der Waals surface area (Å²) in [5.74, 6) is 0.180. The van der Waals surface area contributed by atoms with Gasteiger partial charge in [0.15, 0.2) is 0 Å². The zero-order valence-corrected chi connectivity index (χ0v) is 17.9. The molecule has 0 spiro atoms. The second-order valence-corrected chi connectivity index (χ2v) is 8.01. The van der Waals surface area contributed by atoms with Crippen LogP contribution in [0.25, 0.3) is 0 Å². The van der Waals surface area contributed by atoms with Crippen molar-refractivity contribution in [2.45, 2.75) is 57.4 Å². The summed E-state index contributed by atoms with van der Waals surface area (Å²) in [7, 11) is 3.36. The number of nitrogens with one attached hydrogen (secondary N) is 3. The van der Waals surface area contributed by atoms with E-state index in [2.05, 4.69) is 16.0 Å². The molecule has 30 heavy (non-hydrogen) atoms. The van der Waals surface area contributed by atoms with Gasteiger partial charge < -0.3 is 30.3 Å². The second kappa shape index (κ2) is 9.34. The van der Waals surface area contributed by atoms with Crippen molar-refractivity contribution in [1.29, 1.82) is 0 Å². The molecule has 0 aliphatic carbocycles. The Kier molecular flexibility index (Phi) is 6.81. The van der Waals surface area contributed by atoms with Gasteiger partial charge in [-0.3, -0.25) is 9.59 Å². The number of anilines is 1. The Labute approximate surface area is 176 Å². The molecule has 0 bridgehead atoms. The number of rotatable bonds is 4. The van der Waals surface area contributed by atoms with E-state index in [-0.39, 0.29) is 48.7 Å². The number of hydrogen-bond donors (Lipinski definition) is 3. The van der Waals surface area contributed by atoms with Crippen molar-refractivity contribution < 1.29 is 23.9 Å². The highest BCUT2D eigenvalue weighted by Gasteiger charge is 2.39. The summed E-state index contributed by atoms with van der Waals surface area (Å²) >= 11 is 0. The molecule has 9 heteroatoms. The molecular formula is C21H30N4O5. The highest BCUT2D eigenvalue weighted by atomic mass is 16.5. The topological polar surface area (TPSA) is 109 Å². The van der Waals surface area contributed by atoms with E-state index in [9.17, 15) is 14.4 Å². The summed E-state index contributed by atoms with van der Waals surface area (Å²) in [5.41, 5.74) is 0.908. The monoisotopic (exact) mass is 418 g/mol. The number of ether oxygens (including phenoxy) is 2. The lowest BCUT2D eigenvalue weighted by Crippen LogP contribution is -2.53. The molecule has 2 heterocycles. The summed E-state index contributed by atoms with van der Waals surface area (Å²) in [5, 5.41) is 8.11. The molecule has 0 aromatic heterocycles. The van der Waals surface area contributed by atoms with Gasteiger partial charge in [-0.25, -0.2) is 4.79 Å². The first-order valence-corrected chi connectivity index (χ1v) is 10.3. The normalized spacial score (nSPS) is 23.4. The Morgan fingerprint density at radius 3 is 2.73 bits per heavy atom. The second-order valence-electron chi connectivity index (χ2n) is 8.01. The molecule has 1 saturated heterocycles. The number of urea groups is 1. The number of hydrogen-bond acceptors (Lipinski definition) is 5. The van der Waals surface area contributed by atoms with Gasteiger partial charge in [-0.15, -0.1) is 0 Å². The standard InChI is InChI=1S/C21H30N4O5/c1-12(2)23-21(28)24-13-5-8-17-15(9-13)20(27)25(4)16-7-6-14(10-19(26)22-3)30-18(16)11-29-17/h5,8-9,12,14,16,18H,6-7,10-11H2,1-4H3,(H,22,26)(H2,23,24,28)/t14-,16-,18-/m0/s1. The first kappa shape index (κ1) is 21.9. The summed E-state index contributed by atoms with van der Waals surface area (Å²) in [6.07, 6.45) is 1.20. The van der Waals surface area contributed by atoms with E-state index in [1.165, 1.54) is 0 Å². The van der Waals surface area contributed by atoms with Crippen LogP contribution in [0.1, 0.15) is 43.5 Å². The number of likely N-dealkylation sites (N-methyl/N-ethyl adjacent to an activating group) is 1. The summed E-state index contributed by atoms with van der Waals surface area (Å²) in [4.78, 5) is 38.5. The van der Waals surface area contributed by atoms with Crippen LogP contribution in [0.4, 0.5) is 10.5 Å². The fraction of sp³-hybridized carbons (Fsp3) is 0.571. The first-order chi connectivity index (χ1) is 14.3. The molecule has 9 nitrogen and oxygen atoms in total. The van der Waals surface area contributed by atoms with Gasteiger partial charge in [0.1, 0.15) is 18.5 Å². The summed E-state index contributed by atoms with van der Waals surface area (Å²) in [6, 6.07) is 4.53. The molecule has 0 radical (unpaired) electrons. The molecule has 1 fully saturated rings. The maximum Gasteiger partial charge on any atom is 0.319 e. The van der Waals surface area contributed by atoms with Gasteiger partial charge in [-0.2, -0.15) is 0 Å². The number of carbonyl (C=O) groups is 3. The number of fused-ring (bicyclic) bond motifs is 2. The van der Waals surface area contributed by atoms with Crippen LogP contribution in [0.2, 0.25) is 0 Å². The molecule has 164 valence electrons. The van der Waals surface area contributed by atoms with Crippen LogP contribution in [-0.4, -0.2) is 67.7 Å². The molecule has 2 aliphatic rings. The van der Waals surface area contributed by atoms with Crippen molar-refractivity contribution in [2.24, 2.45) is 0 Å². The quantitative estimate of drug-likeness (QED) is 0.690. The van der Waals surface area contributed by atoms with Crippen LogP contribution >= 0.6 is 0 Å². The van der Waals surface area contributed by atoms with Gasteiger partial charge in [-0.05, 0) is 44.9 Å². The van der Waals surface area contributed by atoms with E-state index in [0.29, 0.717) is 29.8 Å². The van der Waals surface area contributed by atoms with Crippen molar-refractivity contribution >= 4 is 23.5 Å². The van der Waals surface area contributed by atoms with Crippen LogP contribution in [0, 0.1) is 0 Å². The van der Waals surface area contributed by atoms with Crippen LogP contribution in [0.5, 0.6) is 5.75 Å². The number of benzene rings is 1. The Morgan fingerprint density at radius 2 is 2.03 bits per heavy atom. The SMILES string of the molecule is CNC(=O)C[C@@H]1CC[C@H]2[C@H](COc3ccc(NC(=O)NC(C)C)cc3C(=O)N2C)O1. The van der Waals surface area contributed by atoms with E-state index in [0.717, 1.165) is 6.42 Å². The fourth-order valence-corrected chi connectivity index (χ4v) is 3.84. The van der Waals surface area contributed by atoms with Gasteiger partial charge in [0.2, 0.25) is 5.91 Å². The maximum atomic E-state index is 13.2. The van der Waals surface area contributed by atoms with Crippen molar-refractivity contribution in [1.82, 2.24) is 15.5 Å². The highest BCUT2D eigenvalue weighted by molar-refractivity contribution is 5.99. The van der Waals surface area contributed by atoms with Crippen molar-refractivity contribution in [3.8, 4) is 5.75 Å². The van der Waals surface area contributed by atoms with Crippen LogP contribution < -0.4 is 20.7 Å². The minimum Gasteiger partial charge on any atom is -0.490 e. The molecule has 3 rings (SSSR count). The number of nitrogens with zero attached hydrogens (tertiary/aromatic N) is 1. The minimum atomic E-state index is -0.333. The molecule has 0 unspecified atom stereocenters. The molecule has 3 N–H and O–H groups in total. The fourth-order valence-electron chi connectivity index (χ4n) is 3.84. The Bertz CT molecular complexity index is 813. The third-order valence-electron chi connectivity index (χ3n) is 5.38. The first-order valence-electron chi connectivity index (χ1n) is 10.3. The van der Waals surface area contributed by atoms with Gasteiger partial charge >= 0.3 is 6.03 Å². The number of carbonyl (C=O) groups excluding carboxylic acids is 3.